The van der Waals surface area contributed by atoms with Crippen LogP contribution in [0.15, 0.2) is 6.07 Å². The second-order valence-electron chi connectivity index (χ2n) is 3.85. The van der Waals surface area contributed by atoms with Crippen molar-refractivity contribution >= 4 is 22.9 Å². The van der Waals surface area contributed by atoms with Crippen molar-refractivity contribution in [1.29, 1.82) is 0 Å². The normalized spacial score (nSPS) is 24.1. The lowest BCUT2D eigenvalue weighted by Gasteiger charge is -2.16. The smallest absolute Gasteiger partial charge is 0.0934 e. The molecule has 3 heteroatoms. The van der Waals surface area contributed by atoms with Crippen LogP contribution < -0.4 is 0 Å². The third-order valence-electron chi connectivity index (χ3n) is 2.61. The summed E-state index contributed by atoms with van der Waals surface area (Å²) in [6.45, 7) is 4.60. The summed E-state index contributed by atoms with van der Waals surface area (Å²) < 4.78 is 0.946. The second kappa shape index (κ2) is 3.60. The highest BCUT2D eigenvalue weighted by Gasteiger charge is 2.19. The Morgan fingerprint density at radius 2 is 2.38 bits per heavy atom. The minimum absolute atomic E-state index is 0.639. The molecule has 1 aliphatic heterocycles. The van der Waals surface area contributed by atoms with E-state index < -0.39 is 0 Å². The quantitative estimate of drug-likeness (QED) is 0.643. The van der Waals surface area contributed by atoms with E-state index in [1.807, 2.05) is 0 Å². The van der Waals surface area contributed by atoms with Crippen molar-refractivity contribution in [2.45, 2.75) is 19.3 Å². The van der Waals surface area contributed by atoms with Crippen molar-refractivity contribution in [3.8, 4) is 0 Å². The average molecular weight is 216 g/mol. The Labute approximate surface area is 88.3 Å². The van der Waals surface area contributed by atoms with Crippen molar-refractivity contribution in [1.82, 2.24) is 4.90 Å². The zero-order chi connectivity index (χ0) is 9.42. The topological polar surface area (TPSA) is 3.24 Å². The first-order chi connectivity index (χ1) is 6.16. The van der Waals surface area contributed by atoms with Crippen LogP contribution in [0.5, 0.6) is 0 Å². The third-order valence-corrected chi connectivity index (χ3v) is 4.15. The zero-order valence-corrected chi connectivity index (χ0v) is 9.58. The zero-order valence-electron chi connectivity index (χ0n) is 8.01. The summed E-state index contributed by atoms with van der Waals surface area (Å²) in [5, 5.41) is 0. The van der Waals surface area contributed by atoms with Crippen LogP contribution in [0.25, 0.3) is 0 Å². The Morgan fingerprint density at radius 3 is 3.15 bits per heavy atom. The van der Waals surface area contributed by atoms with Crippen LogP contribution in [0.1, 0.15) is 23.3 Å². The Morgan fingerprint density at radius 1 is 1.62 bits per heavy atom. The van der Waals surface area contributed by atoms with Gasteiger partial charge >= 0.3 is 0 Å². The molecule has 0 bridgehead atoms. The first-order valence-electron chi connectivity index (χ1n) is 4.63. The predicted molar refractivity (Wildman–Crippen MR) is 58.9 cm³/mol. The van der Waals surface area contributed by atoms with E-state index in [0.717, 1.165) is 23.8 Å². The van der Waals surface area contributed by atoms with Crippen LogP contribution in [-0.2, 0) is 6.42 Å². The molecule has 1 nitrogen and oxygen atoms in total. The van der Waals surface area contributed by atoms with Crippen molar-refractivity contribution in [3.05, 3.63) is 20.8 Å². The fourth-order valence-electron chi connectivity index (χ4n) is 1.97. The molecular formula is C10H14ClNS. The van der Waals surface area contributed by atoms with E-state index in [2.05, 4.69) is 24.9 Å². The lowest BCUT2D eigenvalue weighted by atomic mass is 10.1. The number of thiophene rings is 1. The lowest BCUT2D eigenvalue weighted by Crippen LogP contribution is -2.22. The van der Waals surface area contributed by atoms with Gasteiger partial charge in [0, 0.05) is 23.9 Å². The summed E-state index contributed by atoms with van der Waals surface area (Å²) >= 11 is 7.76. The maximum Gasteiger partial charge on any atom is 0.0934 e. The number of hydrogen-bond acceptors (Lipinski definition) is 2. The van der Waals surface area contributed by atoms with E-state index in [9.17, 15) is 0 Å². The van der Waals surface area contributed by atoms with Gasteiger partial charge < -0.3 is 4.90 Å². The van der Waals surface area contributed by atoms with Gasteiger partial charge in [0.15, 0.2) is 0 Å². The summed E-state index contributed by atoms with van der Waals surface area (Å²) in [6.07, 6.45) is 1.15. The first-order valence-corrected chi connectivity index (χ1v) is 5.83. The molecule has 2 heterocycles. The van der Waals surface area contributed by atoms with E-state index in [4.69, 9.17) is 11.6 Å². The Bertz CT molecular complexity index is 308. The third kappa shape index (κ3) is 1.90. The van der Waals surface area contributed by atoms with Gasteiger partial charge in [-0.1, -0.05) is 18.5 Å². The van der Waals surface area contributed by atoms with Crippen LogP contribution >= 0.6 is 22.9 Å². The van der Waals surface area contributed by atoms with Crippen molar-refractivity contribution in [3.63, 3.8) is 0 Å². The highest BCUT2D eigenvalue weighted by Crippen LogP contribution is 2.34. The summed E-state index contributed by atoms with van der Waals surface area (Å²) in [4.78, 5) is 3.89. The number of rotatable bonds is 0. The summed E-state index contributed by atoms with van der Waals surface area (Å²) in [6, 6.07) is 2.14. The highest BCUT2D eigenvalue weighted by atomic mass is 35.5. The van der Waals surface area contributed by atoms with Gasteiger partial charge in [0.05, 0.1) is 4.34 Å². The summed E-state index contributed by atoms with van der Waals surface area (Å²) in [5.41, 5.74) is 1.46. The predicted octanol–water partition coefficient (Wildman–Crippen LogP) is 2.99. The van der Waals surface area contributed by atoms with Crippen molar-refractivity contribution in [2.75, 3.05) is 20.1 Å². The fourth-order valence-corrected chi connectivity index (χ4v) is 3.33. The molecule has 0 saturated heterocycles. The maximum atomic E-state index is 6.01. The van der Waals surface area contributed by atoms with Gasteiger partial charge in [-0.3, -0.25) is 0 Å². The second-order valence-corrected chi connectivity index (χ2v) is 5.57. The Kier molecular flexibility index (Phi) is 2.63. The van der Waals surface area contributed by atoms with E-state index in [1.165, 1.54) is 10.4 Å². The Balaban J connectivity index is 2.33. The molecule has 13 heavy (non-hydrogen) atoms. The minimum Gasteiger partial charge on any atom is -0.305 e. The van der Waals surface area contributed by atoms with Crippen LogP contribution in [0.4, 0.5) is 0 Å². The number of hydrogen-bond donors (Lipinski definition) is 0. The Hall–Kier alpha value is -0.0500. The molecule has 2 rings (SSSR count). The SMILES string of the molecule is CC1CN(C)CCc2cc(Cl)sc21. The molecule has 0 aromatic carbocycles. The van der Waals surface area contributed by atoms with Crippen LogP contribution in [-0.4, -0.2) is 25.0 Å². The van der Waals surface area contributed by atoms with Crippen LogP contribution in [0.2, 0.25) is 4.34 Å². The molecule has 1 aromatic rings. The number of fused-ring (bicyclic) bond motifs is 1. The van der Waals surface area contributed by atoms with E-state index in [-0.39, 0.29) is 0 Å². The molecule has 0 spiro atoms. The van der Waals surface area contributed by atoms with Gasteiger partial charge in [0.1, 0.15) is 0 Å². The van der Waals surface area contributed by atoms with Crippen molar-refractivity contribution < 1.29 is 0 Å². The maximum absolute atomic E-state index is 6.01. The molecule has 0 aliphatic carbocycles. The molecule has 0 amide bonds. The molecule has 0 radical (unpaired) electrons. The molecule has 0 saturated carbocycles. The van der Waals surface area contributed by atoms with Gasteiger partial charge in [0.2, 0.25) is 0 Å². The van der Waals surface area contributed by atoms with Crippen LogP contribution in [0.3, 0.4) is 0 Å². The van der Waals surface area contributed by atoms with Gasteiger partial charge in [0.25, 0.3) is 0 Å². The van der Waals surface area contributed by atoms with E-state index >= 15 is 0 Å². The number of halogens is 1. The highest BCUT2D eigenvalue weighted by molar-refractivity contribution is 7.16. The van der Waals surface area contributed by atoms with Crippen LogP contribution in [0, 0.1) is 0 Å². The average Bonchev–Trinajstić information content (AvgIpc) is 2.38. The van der Waals surface area contributed by atoms with Crippen molar-refractivity contribution in [2.24, 2.45) is 0 Å². The number of nitrogens with zero attached hydrogens (tertiary/aromatic N) is 1. The largest absolute Gasteiger partial charge is 0.305 e. The summed E-state index contributed by atoms with van der Waals surface area (Å²) in [5.74, 6) is 0.639. The molecule has 0 N–H and O–H groups in total. The van der Waals surface area contributed by atoms with E-state index in [0.29, 0.717) is 5.92 Å². The molecule has 0 fully saturated rings. The first kappa shape index (κ1) is 9.50. The molecular weight excluding hydrogens is 202 g/mol. The standard InChI is InChI=1S/C10H14ClNS/c1-7-6-12(2)4-3-8-5-9(11)13-10(7)8/h5,7H,3-4,6H2,1-2H3. The number of likely N-dealkylation sites (N-methyl/N-ethyl adjacent to an activating group) is 1. The monoisotopic (exact) mass is 215 g/mol. The summed E-state index contributed by atoms with van der Waals surface area (Å²) in [7, 11) is 2.19. The fraction of sp³-hybridized carbons (Fsp3) is 0.600. The molecule has 72 valence electrons. The molecule has 1 aromatic heterocycles. The molecule has 1 aliphatic rings. The molecule has 1 atom stereocenters. The minimum atomic E-state index is 0.639. The van der Waals surface area contributed by atoms with Gasteiger partial charge in [-0.2, -0.15) is 0 Å². The van der Waals surface area contributed by atoms with E-state index in [1.54, 1.807) is 11.3 Å². The van der Waals surface area contributed by atoms with Gasteiger partial charge in [-0.25, -0.2) is 0 Å². The lowest BCUT2D eigenvalue weighted by molar-refractivity contribution is 0.332. The van der Waals surface area contributed by atoms with Gasteiger partial charge in [-0.05, 0) is 25.1 Å². The molecule has 1 unspecified atom stereocenters. The van der Waals surface area contributed by atoms with Gasteiger partial charge in [-0.15, -0.1) is 11.3 Å².